The van der Waals surface area contributed by atoms with E-state index >= 15 is 0 Å². The number of phenols is 1. The van der Waals surface area contributed by atoms with Crippen molar-refractivity contribution in [3.05, 3.63) is 71.2 Å². The summed E-state index contributed by atoms with van der Waals surface area (Å²) >= 11 is 5.11. The van der Waals surface area contributed by atoms with Crippen LogP contribution >= 0.6 is 27.3 Å². The van der Waals surface area contributed by atoms with Crippen molar-refractivity contribution in [2.75, 3.05) is 0 Å². The Morgan fingerprint density at radius 1 is 0.897 bits per heavy atom. The SMILES string of the molecule is Oc1ccc2c(Oc3ccc(OC4CCC4)cc3)c(-c3ccc(Br)cc3)sc2c1. The number of hydrogen-bond acceptors (Lipinski definition) is 4. The first-order valence-corrected chi connectivity index (χ1v) is 11.2. The van der Waals surface area contributed by atoms with Crippen LogP contribution in [0.5, 0.6) is 23.0 Å². The summed E-state index contributed by atoms with van der Waals surface area (Å²) in [6, 6.07) is 21.4. The maximum absolute atomic E-state index is 9.90. The molecule has 0 unspecified atom stereocenters. The molecule has 0 radical (unpaired) electrons. The van der Waals surface area contributed by atoms with Gasteiger partial charge >= 0.3 is 0 Å². The van der Waals surface area contributed by atoms with E-state index in [9.17, 15) is 5.11 Å². The summed E-state index contributed by atoms with van der Waals surface area (Å²) in [6.45, 7) is 0. The van der Waals surface area contributed by atoms with E-state index in [1.54, 1.807) is 23.5 Å². The molecule has 3 nitrogen and oxygen atoms in total. The summed E-state index contributed by atoms with van der Waals surface area (Å²) < 4.78 is 14.3. The fraction of sp³-hybridized carbons (Fsp3) is 0.167. The van der Waals surface area contributed by atoms with Crippen molar-refractivity contribution in [3.63, 3.8) is 0 Å². The fourth-order valence-corrected chi connectivity index (χ4v) is 4.77. The predicted molar refractivity (Wildman–Crippen MR) is 121 cm³/mol. The lowest BCUT2D eigenvalue weighted by molar-refractivity contribution is 0.120. The molecule has 0 saturated heterocycles. The highest BCUT2D eigenvalue weighted by molar-refractivity contribution is 9.10. The molecule has 1 aliphatic rings. The number of thiophene rings is 1. The Balaban J connectivity index is 1.50. The number of hydrogen-bond donors (Lipinski definition) is 1. The van der Waals surface area contributed by atoms with E-state index in [1.165, 1.54) is 6.42 Å². The first-order valence-electron chi connectivity index (χ1n) is 9.62. The Hall–Kier alpha value is -2.50. The van der Waals surface area contributed by atoms with Crippen LogP contribution in [0, 0.1) is 0 Å². The second-order valence-corrected chi connectivity index (χ2v) is 9.16. The molecule has 1 aliphatic carbocycles. The largest absolute Gasteiger partial charge is 0.508 e. The summed E-state index contributed by atoms with van der Waals surface area (Å²) in [4.78, 5) is 1.04. The molecule has 1 saturated carbocycles. The highest BCUT2D eigenvalue weighted by atomic mass is 79.9. The Morgan fingerprint density at radius 2 is 1.62 bits per heavy atom. The van der Waals surface area contributed by atoms with Crippen LogP contribution in [0.15, 0.2) is 71.2 Å². The van der Waals surface area contributed by atoms with Crippen LogP contribution in [0.3, 0.4) is 0 Å². The number of halogens is 1. The average molecular weight is 467 g/mol. The molecule has 3 aromatic carbocycles. The van der Waals surface area contributed by atoms with E-state index in [1.807, 2.05) is 42.5 Å². The molecule has 0 amide bonds. The molecule has 146 valence electrons. The third kappa shape index (κ3) is 3.85. The quantitative estimate of drug-likeness (QED) is 0.326. The van der Waals surface area contributed by atoms with Gasteiger partial charge in [-0.3, -0.25) is 0 Å². The van der Waals surface area contributed by atoms with Gasteiger partial charge in [0.05, 0.1) is 11.0 Å². The molecule has 4 aromatic rings. The summed E-state index contributed by atoms with van der Waals surface area (Å²) in [5.74, 6) is 2.71. The van der Waals surface area contributed by atoms with Crippen molar-refractivity contribution in [2.24, 2.45) is 0 Å². The highest BCUT2D eigenvalue weighted by Gasteiger charge is 2.19. The second-order valence-electron chi connectivity index (χ2n) is 7.19. The summed E-state index contributed by atoms with van der Waals surface area (Å²) in [5, 5.41) is 10.9. The van der Waals surface area contributed by atoms with Crippen molar-refractivity contribution in [2.45, 2.75) is 25.4 Å². The standard InChI is InChI=1S/C24H19BrO3S/c25-16-6-4-15(5-7-16)24-23(21-13-8-17(26)14-22(21)29-24)28-20-11-9-19(10-12-20)27-18-2-1-3-18/h4-14,18,26H,1-3H2. The van der Waals surface area contributed by atoms with E-state index in [-0.39, 0.29) is 5.75 Å². The van der Waals surface area contributed by atoms with E-state index in [0.29, 0.717) is 6.10 Å². The summed E-state index contributed by atoms with van der Waals surface area (Å²) in [5.41, 5.74) is 1.08. The van der Waals surface area contributed by atoms with E-state index in [0.717, 1.165) is 55.1 Å². The van der Waals surface area contributed by atoms with Gasteiger partial charge < -0.3 is 14.6 Å². The molecule has 0 spiro atoms. The van der Waals surface area contributed by atoms with Gasteiger partial charge in [0.25, 0.3) is 0 Å². The zero-order chi connectivity index (χ0) is 19.8. The zero-order valence-electron chi connectivity index (χ0n) is 15.6. The lowest BCUT2D eigenvalue weighted by Crippen LogP contribution is -2.24. The molecule has 5 rings (SSSR count). The summed E-state index contributed by atoms with van der Waals surface area (Å²) in [7, 11) is 0. The van der Waals surface area contributed by atoms with Crippen LogP contribution < -0.4 is 9.47 Å². The fourth-order valence-electron chi connectivity index (χ4n) is 3.34. The van der Waals surface area contributed by atoms with Crippen molar-refractivity contribution in [1.29, 1.82) is 0 Å². The van der Waals surface area contributed by atoms with Crippen LogP contribution in [0.25, 0.3) is 20.5 Å². The maximum atomic E-state index is 9.90. The zero-order valence-corrected chi connectivity index (χ0v) is 18.0. The van der Waals surface area contributed by atoms with Crippen LogP contribution in [0.1, 0.15) is 19.3 Å². The number of ether oxygens (including phenoxy) is 2. The average Bonchev–Trinajstić information content (AvgIpc) is 3.04. The van der Waals surface area contributed by atoms with E-state index in [2.05, 4.69) is 28.1 Å². The first kappa shape index (κ1) is 18.5. The minimum absolute atomic E-state index is 0.255. The highest BCUT2D eigenvalue weighted by Crippen LogP contribution is 2.47. The van der Waals surface area contributed by atoms with Crippen molar-refractivity contribution < 1.29 is 14.6 Å². The number of aromatic hydroxyl groups is 1. The van der Waals surface area contributed by atoms with Gasteiger partial charge in [-0.1, -0.05) is 28.1 Å². The molecule has 5 heteroatoms. The van der Waals surface area contributed by atoms with Gasteiger partial charge in [-0.05, 0) is 79.4 Å². The predicted octanol–water partition coefficient (Wildman–Crippen LogP) is 7.76. The minimum atomic E-state index is 0.255. The Morgan fingerprint density at radius 3 is 2.31 bits per heavy atom. The Labute approximate surface area is 181 Å². The number of rotatable bonds is 5. The normalized spacial score (nSPS) is 14.0. The van der Waals surface area contributed by atoms with Crippen molar-refractivity contribution in [3.8, 4) is 33.4 Å². The molecule has 0 atom stereocenters. The van der Waals surface area contributed by atoms with Gasteiger partial charge in [0.2, 0.25) is 0 Å². The van der Waals surface area contributed by atoms with Gasteiger partial charge in [0.1, 0.15) is 17.2 Å². The number of benzene rings is 3. The third-order valence-corrected chi connectivity index (χ3v) is 6.84. The first-order chi connectivity index (χ1) is 14.2. The minimum Gasteiger partial charge on any atom is -0.508 e. The molecular weight excluding hydrogens is 448 g/mol. The Bertz CT molecular complexity index is 1150. The number of phenolic OH excluding ortho intramolecular Hbond substituents is 1. The molecule has 0 bridgehead atoms. The third-order valence-electron chi connectivity index (χ3n) is 5.13. The van der Waals surface area contributed by atoms with E-state index < -0.39 is 0 Å². The molecule has 1 N–H and O–H groups in total. The smallest absolute Gasteiger partial charge is 0.153 e. The molecule has 29 heavy (non-hydrogen) atoms. The van der Waals surface area contributed by atoms with Crippen LogP contribution in [0.2, 0.25) is 0 Å². The molecule has 0 aliphatic heterocycles. The van der Waals surface area contributed by atoms with Gasteiger partial charge in [-0.15, -0.1) is 11.3 Å². The van der Waals surface area contributed by atoms with Crippen molar-refractivity contribution >= 4 is 37.4 Å². The topological polar surface area (TPSA) is 38.7 Å². The van der Waals surface area contributed by atoms with Crippen LogP contribution in [-0.4, -0.2) is 11.2 Å². The van der Waals surface area contributed by atoms with Gasteiger partial charge in [0, 0.05) is 14.6 Å². The second kappa shape index (κ2) is 7.73. The monoisotopic (exact) mass is 466 g/mol. The molecule has 1 heterocycles. The Kier molecular flexibility index (Phi) is 4.94. The van der Waals surface area contributed by atoms with Gasteiger partial charge in [-0.25, -0.2) is 0 Å². The van der Waals surface area contributed by atoms with Gasteiger partial charge in [0.15, 0.2) is 5.75 Å². The van der Waals surface area contributed by atoms with Gasteiger partial charge in [-0.2, -0.15) is 0 Å². The van der Waals surface area contributed by atoms with Crippen LogP contribution in [-0.2, 0) is 0 Å². The van der Waals surface area contributed by atoms with E-state index in [4.69, 9.17) is 9.47 Å². The van der Waals surface area contributed by atoms with Crippen molar-refractivity contribution in [1.82, 2.24) is 0 Å². The van der Waals surface area contributed by atoms with Crippen LogP contribution in [0.4, 0.5) is 0 Å². The maximum Gasteiger partial charge on any atom is 0.153 e. The lowest BCUT2D eigenvalue weighted by Gasteiger charge is -2.26. The number of fused-ring (bicyclic) bond motifs is 1. The molecule has 1 aromatic heterocycles. The summed E-state index contributed by atoms with van der Waals surface area (Å²) in [6.07, 6.45) is 3.90. The molecule has 1 fully saturated rings. The molecular formula is C24H19BrO3S. The lowest BCUT2D eigenvalue weighted by atomic mass is 9.96.